The third-order valence-electron chi connectivity index (χ3n) is 3.40. The summed E-state index contributed by atoms with van der Waals surface area (Å²) in [5, 5.41) is 10.5. The van der Waals surface area contributed by atoms with Crippen LogP contribution >= 0.6 is 0 Å². The van der Waals surface area contributed by atoms with E-state index in [0.29, 0.717) is 13.0 Å². The van der Waals surface area contributed by atoms with Crippen LogP contribution in [0.1, 0.15) is 32.8 Å². The second-order valence-electron chi connectivity index (χ2n) is 5.47. The fraction of sp³-hybridized carbons (Fsp3) is 0.571. The van der Waals surface area contributed by atoms with Gasteiger partial charge in [-0.2, -0.15) is 0 Å². The van der Waals surface area contributed by atoms with Crippen molar-refractivity contribution in [2.24, 2.45) is 11.1 Å². The molecule has 1 unspecified atom stereocenters. The van der Waals surface area contributed by atoms with Crippen LogP contribution in [0.4, 0.5) is 0 Å². The van der Waals surface area contributed by atoms with Crippen molar-refractivity contribution in [2.45, 2.75) is 39.2 Å². The second-order valence-corrected chi connectivity index (χ2v) is 5.47. The van der Waals surface area contributed by atoms with E-state index in [-0.39, 0.29) is 5.41 Å². The van der Waals surface area contributed by atoms with Gasteiger partial charge in [-0.25, -0.2) is 0 Å². The summed E-state index contributed by atoms with van der Waals surface area (Å²) in [5.41, 5.74) is 5.98. The summed E-state index contributed by atoms with van der Waals surface area (Å²) in [7, 11) is 0. The van der Waals surface area contributed by atoms with Crippen molar-refractivity contribution >= 4 is 0 Å². The van der Waals surface area contributed by atoms with Crippen LogP contribution in [0.5, 0.6) is 0 Å². The summed E-state index contributed by atoms with van der Waals surface area (Å²) < 4.78 is 0. The minimum absolute atomic E-state index is 0.184. The molecule has 0 aromatic heterocycles. The number of rotatable bonds is 4. The van der Waals surface area contributed by atoms with Gasteiger partial charge in [0.1, 0.15) is 0 Å². The Morgan fingerprint density at radius 1 is 1.12 bits per heavy atom. The molecule has 0 aliphatic rings. The van der Waals surface area contributed by atoms with E-state index in [0.717, 1.165) is 6.42 Å². The Bertz CT molecular complexity index is 315. The molecule has 1 rings (SSSR count). The molecule has 2 heteroatoms. The Morgan fingerprint density at radius 2 is 1.69 bits per heavy atom. The summed E-state index contributed by atoms with van der Waals surface area (Å²) in [4.78, 5) is 0. The van der Waals surface area contributed by atoms with Crippen LogP contribution in [-0.2, 0) is 6.42 Å². The van der Waals surface area contributed by atoms with Gasteiger partial charge in [-0.3, -0.25) is 0 Å². The lowest BCUT2D eigenvalue weighted by molar-refractivity contribution is -0.0559. The van der Waals surface area contributed by atoms with Crippen molar-refractivity contribution in [1.29, 1.82) is 0 Å². The standard InChI is InChI=1S/C14H23NO/c1-13(2,3)14(16,11-15)10-9-12-7-5-4-6-8-12/h4-8,16H,9-11,15H2,1-3H3. The number of hydrogen-bond donors (Lipinski definition) is 2. The van der Waals surface area contributed by atoms with Crippen LogP contribution in [0.3, 0.4) is 0 Å². The van der Waals surface area contributed by atoms with Crippen molar-refractivity contribution in [3.63, 3.8) is 0 Å². The third-order valence-corrected chi connectivity index (χ3v) is 3.40. The van der Waals surface area contributed by atoms with Gasteiger partial charge in [-0.05, 0) is 23.8 Å². The van der Waals surface area contributed by atoms with Crippen LogP contribution in [0.25, 0.3) is 0 Å². The molecule has 0 bridgehead atoms. The van der Waals surface area contributed by atoms with Gasteiger partial charge in [0.15, 0.2) is 0 Å². The molecule has 1 aromatic rings. The summed E-state index contributed by atoms with van der Waals surface area (Å²) >= 11 is 0. The SMILES string of the molecule is CC(C)(C)C(O)(CN)CCc1ccccc1. The summed E-state index contributed by atoms with van der Waals surface area (Å²) in [6.07, 6.45) is 1.57. The van der Waals surface area contributed by atoms with E-state index >= 15 is 0 Å². The fourth-order valence-corrected chi connectivity index (χ4v) is 1.78. The maximum absolute atomic E-state index is 10.5. The Kier molecular flexibility index (Phi) is 4.11. The molecule has 0 aliphatic heterocycles. The summed E-state index contributed by atoms with van der Waals surface area (Å²) in [5.74, 6) is 0. The second kappa shape index (κ2) is 4.98. The molecule has 16 heavy (non-hydrogen) atoms. The van der Waals surface area contributed by atoms with Gasteiger partial charge < -0.3 is 10.8 Å². The lowest BCUT2D eigenvalue weighted by Crippen LogP contribution is -2.49. The monoisotopic (exact) mass is 221 g/mol. The molecule has 0 amide bonds. The van der Waals surface area contributed by atoms with Crippen LogP contribution in [0, 0.1) is 5.41 Å². The molecule has 0 radical (unpaired) electrons. The lowest BCUT2D eigenvalue weighted by atomic mass is 9.73. The van der Waals surface area contributed by atoms with Gasteiger partial charge in [-0.15, -0.1) is 0 Å². The van der Waals surface area contributed by atoms with Crippen molar-refractivity contribution in [3.05, 3.63) is 35.9 Å². The quantitative estimate of drug-likeness (QED) is 0.820. The normalized spacial score (nSPS) is 15.8. The first-order valence-electron chi connectivity index (χ1n) is 5.85. The molecular formula is C14H23NO. The molecule has 0 saturated heterocycles. The Hall–Kier alpha value is -0.860. The first-order chi connectivity index (χ1) is 7.39. The first kappa shape index (κ1) is 13.2. The van der Waals surface area contributed by atoms with Crippen molar-refractivity contribution < 1.29 is 5.11 Å². The molecule has 0 aliphatic carbocycles. The molecule has 0 spiro atoms. The molecule has 1 atom stereocenters. The smallest absolute Gasteiger partial charge is 0.0820 e. The summed E-state index contributed by atoms with van der Waals surface area (Å²) in [6.45, 7) is 6.41. The number of benzene rings is 1. The first-order valence-corrected chi connectivity index (χ1v) is 5.85. The Labute approximate surface area is 98.5 Å². The van der Waals surface area contributed by atoms with Gasteiger partial charge in [0.2, 0.25) is 0 Å². The number of hydrogen-bond acceptors (Lipinski definition) is 2. The largest absolute Gasteiger partial charge is 0.388 e. The van der Waals surface area contributed by atoms with Crippen molar-refractivity contribution in [1.82, 2.24) is 0 Å². The van der Waals surface area contributed by atoms with E-state index in [4.69, 9.17) is 5.73 Å². The number of aryl methyl sites for hydroxylation is 1. The van der Waals surface area contributed by atoms with Crippen LogP contribution in [-0.4, -0.2) is 17.3 Å². The van der Waals surface area contributed by atoms with E-state index in [9.17, 15) is 5.11 Å². The minimum Gasteiger partial charge on any atom is -0.388 e. The average Bonchev–Trinajstić information content (AvgIpc) is 2.26. The van der Waals surface area contributed by atoms with Gasteiger partial charge in [0.05, 0.1) is 5.60 Å². The maximum Gasteiger partial charge on any atom is 0.0820 e. The van der Waals surface area contributed by atoms with Gasteiger partial charge in [0, 0.05) is 6.54 Å². The maximum atomic E-state index is 10.5. The van der Waals surface area contributed by atoms with E-state index in [1.54, 1.807) is 0 Å². The highest BCUT2D eigenvalue weighted by atomic mass is 16.3. The van der Waals surface area contributed by atoms with Crippen LogP contribution in [0.2, 0.25) is 0 Å². The van der Waals surface area contributed by atoms with E-state index in [2.05, 4.69) is 12.1 Å². The Morgan fingerprint density at radius 3 is 2.12 bits per heavy atom. The highest BCUT2D eigenvalue weighted by Crippen LogP contribution is 2.33. The Balaban J connectivity index is 2.66. The molecular weight excluding hydrogens is 198 g/mol. The van der Waals surface area contributed by atoms with Crippen molar-refractivity contribution in [2.75, 3.05) is 6.54 Å². The lowest BCUT2D eigenvalue weighted by Gasteiger charge is -2.39. The zero-order valence-corrected chi connectivity index (χ0v) is 10.5. The van der Waals surface area contributed by atoms with Crippen LogP contribution < -0.4 is 5.73 Å². The molecule has 0 heterocycles. The predicted octanol–water partition coefficient (Wildman–Crippen LogP) is 2.36. The number of aliphatic hydroxyl groups is 1. The van der Waals surface area contributed by atoms with Gasteiger partial charge >= 0.3 is 0 Å². The van der Waals surface area contributed by atoms with E-state index < -0.39 is 5.60 Å². The molecule has 0 saturated carbocycles. The zero-order valence-electron chi connectivity index (χ0n) is 10.5. The molecule has 3 N–H and O–H groups in total. The highest BCUT2D eigenvalue weighted by molar-refractivity contribution is 5.15. The van der Waals surface area contributed by atoms with Crippen molar-refractivity contribution in [3.8, 4) is 0 Å². The highest BCUT2D eigenvalue weighted by Gasteiger charge is 2.38. The van der Waals surface area contributed by atoms with Gasteiger partial charge in [0.25, 0.3) is 0 Å². The van der Waals surface area contributed by atoms with E-state index in [1.165, 1.54) is 5.56 Å². The average molecular weight is 221 g/mol. The zero-order chi connectivity index (χ0) is 12.2. The third kappa shape index (κ3) is 3.06. The fourth-order valence-electron chi connectivity index (χ4n) is 1.78. The molecule has 90 valence electrons. The topological polar surface area (TPSA) is 46.2 Å². The summed E-state index contributed by atoms with van der Waals surface area (Å²) in [6, 6.07) is 10.2. The van der Waals surface area contributed by atoms with E-state index in [1.807, 2.05) is 39.0 Å². The minimum atomic E-state index is -0.789. The number of nitrogens with two attached hydrogens (primary N) is 1. The molecule has 0 fully saturated rings. The molecule has 1 aromatic carbocycles. The molecule has 2 nitrogen and oxygen atoms in total. The van der Waals surface area contributed by atoms with Gasteiger partial charge in [-0.1, -0.05) is 51.1 Å². The van der Waals surface area contributed by atoms with Crippen LogP contribution in [0.15, 0.2) is 30.3 Å². The predicted molar refractivity (Wildman–Crippen MR) is 68.2 cm³/mol.